The standard InChI is InChI=1S/C22H24N2O2/c1-17-3-7-19(8-4-17)9-12-21(25)23-13-15-24(16-14-23)22(26)20-10-5-18(2)6-11-20/h3-12H,13-16H2,1-2H3/b12-9+. The lowest BCUT2D eigenvalue weighted by Crippen LogP contribution is -2.50. The highest BCUT2D eigenvalue weighted by atomic mass is 16.2. The van der Waals surface area contributed by atoms with Gasteiger partial charge in [-0.2, -0.15) is 0 Å². The summed E-state index contributed by atoms with van der Waals surface area (Å²) in [5.41, 5.74) is 4.05. The highest BCUT2D eigenvalue weighted by Crippen LogP contribution is 2.11. The molecule has 0 aliphatic carbocycles. The molecule has 0 aromatic heterocycles. The zero-order chi connectivity index (χ0) is 18.5. The number of aryl methyl sites for hydroxylation is 2. The minimum Gasteiger partial charge on any atom is -0.336 e. The molecule has 1 saturated heterocycles. The Morgan fingerprint density at radius 3 is 1.85 bits per heavy atom. The van der Waals surface area contributed by atoms with Crippen LogP contribution >= 0.6 is 0 Å². The molecule has 4 nitrogen and oxygen atoms in total. The van der Waals surface area contributed by atoms with Crippen molar-refractivity contribution in [2.75, 3.05) is 26.2 Å². The van der Waals surface area contributed by atoms with Crippen molar-refractivity contribution in [3.05, 3.63) is 76.9 Å². The number of carbonyl (C=O) groups excluding carboxylic acids is 2. The topological polar surface area (TPSA) is 40.6 Å². The molecule has 1 heterocycles. The van der Waals surface area contributed by atoms with Gasteiger partial charge in [-0.25, -0.2) is 0 Å². The SMILES string of the molecule is Cc1ccc(/C=C/C(=O)N2CCN(C(=O)c3ccc(C)cc3)CC2)cc1. The van der Waals surface area contributed by atoms with Gasteiger partial charge in [0.1, 0.15) is 0 Å². The molecule has 0 N–H and O–H groups in total. The average Bonchev–Trinajstić information content (AvgIpc) is 2.67. The summed E-state index contributed by atoms with van der Waals surface area (Å²) in [6.07, 6.45) is 3.45. The fourth-order valence-electron chi connectivity index (χ4n) is 2.96. The van der Waals surface area contributed by atoms with E-state index in [9.17, 15) is 9.59 Å². The molecule has 0 saturated carbocycles. The van der Waals surface area contributed by atoms with Crippen LogP contribution in [0.5, 0.6) is 0 Å². The first-order valence-corrected chi connectivity index (χ1v) is 8.92. The quantitative estimate of drug-likeness (QED) is 0.799. The second-order valence-corrected chi connectivity index (χ2v) is 6.73. The molecule has 3 rings (SSSR count). The summed E-state index contributed by atoms with van der Waals surface area (Å²) < 4.78 is 0. The normalized spacial score (nSPS) is 14.7. The van der Waals surface area contributed by atoms with Crippen LogP contribution in [0.4, 0.5) is 0 Å². The van der Waals surface area contributed by atoms with Gasteiger partial charge in [0.25, 0.3) is 5.91 Å². The van der Waals surface area contributed by atoms with E-state index in [1.54, 1.807) is 11.0 Å². The molecule has 134 valence electrons. The molecule has 0 unspecified atom stereocenters. The third kappa shape index (κ3) is 4.39. The summed E-state index contributed by atoms with van der Waals surface area (Å²) in [5.74, 6) is 0.0281. The summed E-state index contributed by atoms with van der Waals surface area (Å²) in [7, 11) is 0. The van der Waals surface area contributed by atoms with Gasteiger partial charge < -0.3 is 9.80 Å². The van der Waals surface area contributed by atoms with E-state index in [0.29, 0.717) is 31.7 Å². The van der Waals surface area contributed by atoms with Crippen molar-refractivity contribution in [1.82, 2.24) is 9.80 Å². The summed E-state index contributed by atoms with van der Waals surface area (Å²) in [6, 6.07) is 15.7. The molecule has 0 atom stereocenters. The predicted molar refractivity (Wildman–Crippen MR) is 104 cm³/mol. The third-order valence-electron chi connectivity index (χ3n) is 4.67. The summed E-state index contributed by atoms with van der Waals surface area (Å²) >= 11 is 0. The van der Waals surface area contributed by atoms with Crippen LogP contribution in [0.1, 0.15) is 27.0 Å². The number of amides is 2. The average molecular weight is 348 g/mol. The molecule has 0 radical (unpaired) electrons. The van der Waals surface area contributed by atoms with E-state index in [1.807, 2.05) is 73.4 Å². The van der Waals surface area contributed by atoms with Crippen LogP contribution in [0.25, 0.3) is 6.08 Å². The minimum atomic E-state index is -0.00647. The number of piperazine rings is 1. The summed E-state index contributed by atoms with van der Waals surface area (Å²) in [4.78, 5) is 28.5. The van der Waals surface area contributed by atoms with E-state index < -0.39 is 0 Å². The molecule has 0 bridgehead atoms. The van der Waals surface area contributed by atoms with Crippen LogP contribution in [0.15, 0.2) is 54.6 Å². The van der Waals surface area contributed by atoms with Crippen molar-refractivity contribution >= 4 is 17.9 Å². The molecule has 4 heteroatoms. The Kier molecular flexibility index (Phi) is 5.52. The molecule has 0 spiro atoms. The van der Waals surface area contributed by atoms with Crippen molar-refractivity contribution in [2.45, 2.75) is 13.8 Å². The molecule has 2 aromatic carbocycles. The van der Waals surface area contributed by atoms with Crippen LogP contribution in [0.3, 0.4) is 0 Å². The molecule has 26 heavy (non-hydrogen) atoms. The van der Waals surface area contributed by atoms with Crippen molar-refractivity contribution in [3.8, 4) is 0 Å². The van der Waals surface area contributed by atoms with E-state index in [0.717, 1.165) is 11.1 Å². The Morgan fingerprint density at radius 1 is 0.769 bits per heavy atom. The molecule has 1 aliphatic rings. The van der Waals surface area contributed by atoms with E-state index in [2.05, 4.69) is 0 Å². The van der Waals surface area contributed by atoms with Gasteiger partial charge in [0, 0.05) is 37.8 Å². The highest BCUT2D eigenvalue weighted by molar-refractivity contribution is 5.95. The van der Waals surface area contributed by atoms with Gasteiger partial charge in [-0.1, -0.05) is 47.5 Å². The minimum absolute atomic E-state index is 0.00647. The van der Waals surface area contributed by atoms with Gasteiger partial charge >= 0.3 is 0 Å². The van der Waals surface area contributed by atoms with Gasteiger partial charge in [0.05, 0.1) is 0 Å². The number of rotatable bonds is 3. The lowest BCUT2D eigenvalue weighted by molar-refractivity contribution is -0.127. The molecule has 2 amide bonds. The number of benzene rings is 2. The Bertz CT molecular complexity index is 799. The second-order valence-electron chi connectivity index (χ2n) is 6.73. The molecular formula is C22H24N2O2. The van der Waals surface area contributed by atoms with E-state index in [-0.39, 0.29) is 11.8 Å². The van der Waals surface area contributed by atoms with Crippen LogP contribution < -0.4 is 0 Å². The lowest BCUT2D eigenvalue weighted by Gasteiger charge is -2.34. The maximum atomic E-state index is 12.5. The van der Waals surface area contributed by atoms with Crippen LogP contribution in [0, 0.1) is 13.8 Å². The predicted octanol–water partition coefficient (Wildman–Crippen LogP) is 3.30. The van der Waals surface area contributed by atoms with Crippen molar-refractivity contribution < 1.29 is 9.59 Å². The molecular weight excluding hydrogens is 324 g/mol. The first-order valence-electron chi connectivity index (χ1n) is 8.92. The first kappa shape index (κ1) is 17.9. The largest absolute Gasteiger partial charge is 0.336 e. The molecule has 1 fully saturated rings. The molecule has 2 aromatic rings. The molecule has 1 aliphatic heterocycles. The van der Waals surface area contributed by atoms with Crippen LogP contribution in [-0.2, 0) is 4.79 Å². The second kappa shape index (κ2) is 8.00. The number of hydrogen-bond acceptors (Lipinski definition) is 2. The summed E-state index contributed by atoms with van der Waals surface area (Å²) in [6.45, 7) is 6.30. The van der Waals surface area contributed by atoms with Gasteiger partial charge in [-0.15, -0.1) is 0 Å². The van der Waals surface area contributed by atoms with Crippen molar-refractivity contribution in [2.24, 2.45) is 0 Å². The highest BCUT2D eigenvalue weighted by Gasteiger charge is 2.23. The fraction of sp³-hybridized carbons (Fsp3) is 0.273. The van der Waals surface area contributed by atoms with E-state index >= 15 is 0 Å². The summed E-state index contributed by atoms with van der Waals surface area (Å²) in [5, 5.41) is 0. The van der Waals surface area contributed by atoms with Crippen molar-refractivity contribution in [1.29, 1.82) is 0 Å². The van der Waals surface area contributed by atoms with Crippen LogP contribution in [-0.4, -0.2) is 47.8 Å². The van der Waals surface area contributed by atoms with E-state index in [4.69, 9.17) is 0 Å². The lowest BCUT2D eigenvalue weighted by atomic mass is 10.1. The zero-order valence-electron chi connectivity index (χ0n) is 15.3. The fourth-order valence-corrected chi connectivity index (χ4v) is 2.96. The van der Waals surface area contributed by atoms with Crippen molar-refractivity contribution in [3.63, 3.8) is 0 Å². The van der Waals surface area contributed by atoms with E-state index in [1.165, 1.54) is 5.56 Å². The first-order chi connectivity index (χ1) is 12.5. The number of hydrogen-bond donors (Lipinski definition) is 0. The Balaban J connectivity index is 1.54. The monoisotopic (exact) mass is 348 g/mol. The van der Waals surface area contributed by atoms with Gasteiger partial charge in [0.15, 0.2) is 0 Å². The third-order valence-corrected chi connectivity index (χ3v) is 4.67. The smallest absolute Gasteiger partial charge is 0.253 e. The maximum Gasteiger partial charge on any atom is 0.253 e. The zero-order valence-corrected chi connectivity index (χ0v) is 15.3. The van der Waals surface area contributed by atoms with Crippen LogP contribution in [0.2, 0.25) is 0 Å². The van der Waals surface area contributed by atoms with Gasteiger partial charge in [0.2, 0.25) is 5.91 Å². The Hall–Kier alpha value is -2.88. The number of nitrogens with zero attached hydrogens (tertiary/aromatic N) is 2. The number of carbonyl (C=O) groups is 2. The Morgan fingerprint density at radius 2 is 1.27 bits per heavy atom. The Labute approximate surface area is 154 Å². The van der Waals surface area contributed by atoms with Gasteiger partial charge in [-0.05, 0) is 37.6 Å². The maximum absolute atomic E-state index is 12.5. The van der Waals surface area contributed by atoms with Gasteiger partial charge in [-0.3, -0.25) is 9.59 Å².